The molecular weight excluding hydrogens is 628 g/mol. The first-order valence-corrected chi connectivity index (χ1v) is 18.8. The van der Waals surface area contributed by atoms with E-state index in [2.05, 4.69) is 46.8 Å². The fourth-order valence-corrected chi connectivity index (χ4v) is 7.91. The molecular formula is C39H64O10. The Morgan fingerprint density at radius 2 is 1.04 bits per heavy atom. The SMILES string of the molecule is CC1C(C)[C@H](C)[C@H](COCc2ccccc2)O[C@@H]1O[C@@H]1C(O)[C@H](OC2[C@H](O[C@@H]3C(O)[C@H](C)OC(C)[C@@H]3C)OC(C)[C@H](C)[C@@H]2C)OC(C)[C@@H]1C. The highest BCUT2D eigenvalue weighted by molar-refractivity contribution is 5.13. The van der Waals surface area contributed by atoms with E-state index >= 15 is 0 Å². The maximum Gasteiger partial charge on any atom is 0.186 e. The van der Waals surface area contributed by atoms with Crippen molar-refractivity contribution >= 4 is 0 Å². The van der Waals surface area contributed by atoms with Crippen molar-refractivity contribution in [2.45, 2.75) is 163 Å². The van der Waals surface area contributed by atoms with Gasteiger partial charge < -0.3 is 48.1 Å². The first kappa shape index (κ1) is 39.0. The van der Waals surface area contributed by atoms with Crippen LogP contribution in [0.2, 0.25) is 0 Å². The average molecular weight is 693 g/mol. The minimum Gasteiger partial charge on any atom is -0.388 e. The lowest BCUT2D eigenvalue weighted by molar-refractivity contribution is -0.373. The fraction of sp³-hybridized carbons (Fsp3) is 0.846. The highest BCUT2D eigenvalue weighted by Gasteiger charge is 2.52. The van der Waals surface area contributed by atoms with E-state index in [1.165, 1.54) is 0 Å². The van der Waals surface area contributed by atoms with Crippen LogP contribution in [-0.4, -0.2) is 96.7 Å². The van der Waals surface area contributed by atoms with E-state index in [0.717, 1.165) is 5.56 Å². The van der Waals surface area contributed by atoms with Crippen LogP contribution in [0.5, 0.6) is 0 Å². The number of benzene rings is 1. The Morgan fingerprint density at radius 3 is 1.71 bits per heavy atom. The normalized spacial score (nSPS) is 49.5. The first-order chi connectivity index (χ1) is 23.2. The van der Waals surface area contributed by atoms with Crippen LogP contribution >= 0.6 is 0 Å². The molecule has 0 saturated carbocycles. The quantitative estimate of drug-likeness (QED) is 0.324. The topological polar surface area (TPSA) is 114 Å². The molecule has 10 heteroatoms. The van der Waals surface area contributed by atoms with Gasteiger partial charge in [0.15, 0.2) is 18.9 Å². The number of aliphatic hydroxyl groups is 2. The third-order valence-corrected chi connectivity index (χ3v) is 12.7. The lowest BCUT2D eigenvalue weighted by Gasteiger charge is -2.51. The van der Waals surface area contributed by atoms with Crippen molar-refractivity contribution in [3.8, 4) is 0 Å². The molecule has 1 aromatic carbocycles. The summed E-state index contributed by atoms with van der Waals surface area (Å²) in [6.45, 7) is 23.8. The summed E-state index contributed by atoms with van der Waals surface area (Å²) in [4.78, 5) is 0. The van der Waals surface area contributed by atoms with Crippen LogP contribution in [0.15, 0.2) is 30.3 Å². The highest BCUT2D eigenvalue weighted by Crippen LogP contribution is 2.41. The highest BCUT2D eigenvalue weighted by atomic mass is 16.8. The zero-order valence-corrected chi connectivity index (χ0v) is 31.5. The van der Waals surface area contributed by atoms with Gasteiger partial charge in [-0.1, -0.05) is 78.8 Å². The van der Waals surface area contributed by atoms with Gasteiger partial charge in [-0.15, -0.1) is 0 Å². The van der Waals surface area contributed by atoms with Crippen molar-refractivity contribution in [1.82, 2.24) is 0 Å². The predicted octanol–water partition coefficient (Wildman–Crippen LogP) is 5.56. The minimum atomic E-state index is -1.08. The molecule has 0 spiro atoms. The molecule has 0 radical (unpaired) electrons. The Kier molecular flexibility index (Phi) is 13.3. The number of rotatable bonds is 10. The number of hydrogen-bond acceptors (Lipinski definition) is 10. The maximum atomic E-state index is 11.9. The Hall–Kier alpha value is -1.18. The molecule has 4 fully saturated rings. The molecule has 49 heavy (non-hydrogen) atoms. The standard InChI is InChI=1S/C39H64O10/c1-19-21(3)31(18-42-17-30-15-13-12-14-16-30)46-37(23(19)5)47-35-25(7)28(10)44-38(33(35)41)49-36-22(4)20(2)26(8)45-39(36)48-34-24(6)27(9)43-29(11)32(34)40/h12-16,19-29,31-41H,17-18H2,1-11H3/t19?,20-,21+,22+,23?,24+,25+,26?,27?,28?,29+,31+,32?,33?,34+,35+,36?,37-,38+,39+/m1/s1. The molecule has 0 aromatic heterocycles. The molecule has 10 nitrogen and oxygen atoms in total. The second kappa shape index (κ2) is 16.7. The molecule has 8 unspecified atom stereocenters. The van der Waals surface area contributed by atoms with Crippen LogP contribution in [0.25, 0.3) is 0 Å². The predicted molar refractivity (Wildman–Crippen MR) is 184 cm³/mol. The van der Waals surface area contributed by atoms with E-state index in [1.807, 2.05) is 59.7 Å². The van der Waals surface area contributed by atoms with Crippen molar-refractivity contribution in [2.24, 2.45) is 41.4 Å². The van der Waals surface area contributed by atoms with Crippen LogP contribution < -0.4 is 0 Å². The van der Waals surface area contributed by atoms with Gasteiger partial charge in [0.2, 0.25) is 0 Å². The second-order valence-corrected chi connectivity index (χ2v) is 15.8. The molecule has 4 aliphatic rings. The summed E-state index contributed by atoms with van der Waals surface area (Å²) >= 11 is 0. The molecule has 4 heterocycles. The van der Waals surface area contributed by atoms with Gasteiger partial charge in [0.05, 0.1) is 55.9 Å². The lowest BCUT2D eigenvalue weighted by atomic mass is 9.79. The van der Waals surface area contributed by atoms with Crippen LogP contribution in [0.4, 0.5) is 0 Å². The van der Waals surface area contributed by atoms with E-state index in [4.69, 9.17) is 37.9 Å². The van der Waals surface area contributed by atoms with Gasteiger partial charge in [-0.25, -0.2) is 0 Å². The third-order valence-electron chi connectivity index (χ3n) is 12.7. The number of aliphatic hydroxyl groups excluding tert-OH is 2. The summed E-state index contributed by atoms with van der Waals surface area (Å²) in [5.74, 6) is 0.671. The average Bonchev–Trinajstić information content (AvgIpc) is 3.08. The van der Waals surface area contributed by atoms with E-state index < -0.39 is 49.4 Å². The molecule has 0 aliphatic carbocycles. The Bertz CT molecular complexity index is 1140. The molecule has 20 atom stereocenters. The molecule has 2 N–H and O–H groups in total. The molecule has 280 valence electrons. The maximum absolute atomic E-state index is 11.9. The number of hydrogen-bond donors (Lipinski definition) is 2. The Balaban J connectivity index is 1.28. The minimum absolute atomic E-state index is 0.0152. The zero-order valence-electron chi connectivity index (χ0n) is 31.5. The van der Waals surface area contributed by atoms with Crippen LogP contribution in [-0.2, 0) is 44.5 Å². The van der Waals surface area contributed by atoms with Gasteiger partial charge in [-0.05, 0) is 56.9 Å². The monoisotopic (exact) mass is 692 g/mol. The molecule has 4 aliphatic heterocycles. The smallest absolute Gasteiger partial charge is 0.186 e. The molecule has 0 amide bonds. The second-order valence-electron chi connectivity index (χ2n) is 15.8. The van der Waals surface area contributed by atoms with Crippen molar-refractivity contribution in [2.75, 3.05) is 6.61 Å². The summed E-state index contributed by atoms with van der Waals surface area (Å²) in [5, 5.41) is 23.0. The largest absolute Gasteiger partial charge is 0.388 e. The summed E-state index contributed by atoms with van der Waals surface area (Å²) in [7, 11) is 0. The van der Waals surface area contributed by atoms with Crippen LogP contribution in [0, 0.1) is 41.4 Å². The fourth-order valence-electron chi connectivity index (χ4n) is 7.91. The summed E-state index contributed by atoms with van der Waals surface area (Å²) in [6, 6.07) is 10.1. The van der Waals surface area contributed by atoms with Gasteiger partial charge in [-0.3, -0.25) is 0 Å². The lowest BCUT2D eigenvalue weighted by Crippen LogP contribution is -2.61. The van der Waals surface area contributed by atoms with Crippen LogP contribution in [0.1, 0.15) is 81.7 Å². The zero-order chi connectivity index (χ0) is 35.7. The summed E-state index contributed by atoms with van der Waals surface area (Å²) in [5.41, 5.74) is 1.12. The Labute approximate surface area is 294 Å². The third kappa shape index (κ3) is 8.56. The first-order valence-electron chi connectivity index (χ1n) is 18.8. The van der Waals surface area contributed by atoms with Crippen LogP contribution in [0.3, 0.4) is 0 Å². The van der Waals surface area contributed by atoms with Gasteiger partial charge in [0, 0.05) is 17.8 Å². The summed E-state index contributed by atoms with van der Waals surface area (Å²) in [6.07, 6.45) is -6.79. The van der Waals surface area contributed by atoms with Crippen molar-refractivity contribution in [3.05, 3.63) is 35.9 Å². The molecule has 4 saturated heterocycles. The van der Waals surface area contributed by atoms with Crippen molar-refractivity contribution < 1.29 is 48.1 Å². The Morgan fingerprint density at radius 1 is 0.490 bits per heavy atom. The van der Waals surface area contributed by atoms with Gasteiger partial charge in [0.25, 0.3) is 0 Å². The molecule has 1 aromatic rings. The van der Waals surface area contributed by atoms with Gasteiger partial charge in [-0.2, -0.15) is 0 Å². The molecule has 5 rings (SSSR count). The van der Waals surface area contributed by atoms with E-state index in [0.29, 0.717) is 19.1 Å². The van der Waals surface area contributed by atoms with Crippen molar-refractivity contribution in [1.29, 1.82) is 0 Å². The van der Waals surface area contributed by atoms with Crippen molar-refractivity contribution in [3.63, 3.8) is 0 Å². The molecule has 0 bridgehead atoms. The summed E-state index contributed by atoms with van der Waals surface area (Å²) < 4.78 is 51.5. The van der Waals surface area contributed by atoms with E-state index in [9.17, 15) is 10.2 Å². The van der Waals surface area contributed by atoms with E-state index in [-0.39, 0.29) is 66.0 Å². The van der Waals surface area contributed by atoms with E-state index in [1.54, 1.807) is 0 Å². The van der Waals surface area contributed by atoms with Gasteiger partial charge in [0.1, 0.15) is 18.3 Å². The van der Waals surface area contributed by atoms with Gasteiger partial charge >= 0.3 is 0 Å². The number of ether oxygens (including phenoxy) is 8.